The molecule has 2 aromatic rings. The highest BCUT2D eigenvalue weighted by Gasteiger charge is 2.00. The lowest BCUT2D eigenvalue weighted by molar-refractivity contribution is 0.472. The molecule has 0 spiro atoms. The van der Waals surface area contributed by atoms with Gasteiger partial charge in [0, 0.05) is 6.20 Å². The van der Waals surface area contributed by atoms with Crippen LogP contribution in [-0.2, 0) is 6.54 Å². The summed E-state index contributed by atoms with van der Waals surface area (Å²) in [6.07, 6.45) is 3.04. The molecule has 16 heavy (non-hydrogen) atoms. The SMILES string of the molecule is Oc1ccc(CNc2cccnc2Cl)nc1. The lowest BCUT2D eigenvalue weighted by Gasteiger charge is -2.06. The molecule has 2 heterocycles. The third kappa shape index (κ3) is 2.61. The lowest BCUT2D eigenvalue weighted by Crippen LogP contribution is -2.02. The maximum Gasteiger partial charge on any atom is 0.152 e. The van der Waals surface area contributed by atoms with Crippen molar-refractivity contribution in [1.82, 2.24) is 9.97 Å². The first-order chi connectivity index (χ1) is 7.75. The van der Waals surface area contributed by atoms with Crippen LogP contribution in [0.15, 0.2) is 36.7 Å². The number of hydrogen-bond donors (Lipinski definition) is 2. The van der Waals surface area contributed by atoms with Crippen LogP contribution in [0.3, 0.4) is 0 Å². The van der Waals surface area contributed by atoms with Crippen molar-refractivity contribution >= 4 is 17.3 Å². The van der Waals surface area contributed by atoms with Gasteiger partial charge in [-0.1, -0.05) is 11.6 Å². The van der Waals surface area contributed by atoms with E-state index in [1.165, 1.54) is 6.20 Å². The summed E-state index contributed by atoms with van der Waals surface area (Å²) < 4.78 is 0. The third-order valence-electron chi connectivity index (χ3n) is 2.03. The Bertz CT molecular complexity index is 473. The van der Waals surface area contributed by atoms with Crippen molar-refractivity contribution < 1.29 is 5.11 Å². The Hall–Kier alpha value is -1.81. The number of nitrogens with zero attached hydrogens (tertiary/aromatic N) is 2. The number of anilines is 1. The average molecular weight is 236 g/mol. The lowest BCUT2D eigenvalue weighted by atomic mass is 10.3. The summed E-state index contributed by atoms with van der Waals surface area (Å²) in [6.45, 7) is 0.533. The first kappa shape index (κ1) is 10.7. The summed E-state index contributed by atoms with van der Waals surface area (Å²) in [7, 11) is 0. The van der Waals surface area contributed by atoms with Crippen LogP contribution in [0.4, 0.5) is 5.69 Å². The highest BCUT2D eigenvalue weighted by atomic mass is 35.5. The van der Waals surface area contributed by atoms with Crippen molar-refractivity contribution in [1.29, 1.82) is 0 Å². The van der Waals surface area contributed by atoms with Crippen LogP contribution in [0.5, 0.6) is 5.75 Å². The van der Waals surface area contributed by atoms with Crippen molar-refractivity contribution in [3.63, 3.8) is 0 Å². The van der Waals surface area contributed by atoms with Gasteiger partial charge < -0.3 is 10.4 Å². The van der Waals surface area contributed by atoms with E-state index in [-0.39, 0.29) is 5.75 Å². The van der Waals surface area contributed by atoms with Gasteiger partial charge in [-0.25, -0.2) is 4.98 Å². The Labute approximate surface area is 97.9 Å². The van der Waals surface area contributed by atoms with Crippen LogP contribution < -0.4 is 5.32 Å². The monoisotopic (exact) mass is 235 g/mol. The van der Waals surface area contributed by atoms with Gasteiger partial charge in [0.2, 0.25) is 0 Å². The summed E-state index contributed by atoms with van der Waals surface area (Å²) in [5.74, 6) is 0.156. The fourth-order valence-corrected chi connectivity index (χ4v) is 1.41. The van der Waals surface area contributed by atoms with E-state index in [1.54, 1.807) is 24.4 Å². The second kappa shape index (κ2) is 4.81. The summed E-state index contributed by atoms with van der Waals surface area (Å²) in [4.78, 5) is 8.00. The Morgan fingerprint density at radius 3 is 2.81 bits per heavy atom. The van der Waals surface area contributed by atoms with E-state index < -0.39 is 0 Å². The highest BCUT2D eigenvalue weighted by molar-refractivity contribution is 6.31. The van der Waals surface area contributed by atoms with Crippen LogP contribution in [0.2, 0.25) is 5.15 Å². The second-order valence-corrected chi connectivity index (χ2v) is 3.56. The van der Waals surface area contributed by atoms with Gasteiger partial charge in [0.1, 0.15) is 5.75 Å². The average Bonchev–Trinajstić information content (AvgIpc) is 2.30. The van der Waals surface area contributed by atoms with E-state index in [2.05, 4.69) is 15.3 Å². The molecule has 0 bridgehead atoms. The number of aromatic hydroxyl groups is 1. The zero-order chi connectivity index (χ0) is 11.4. The fraction of sp³-hybridized carbons (Fsp3) is 0.0909. The smallest absolute Gasteiger partial charge is 0.152 e. The predicted octanol–water partition coefficient (Wildman–Crippen LogP) is 2.45. The van der Waals surface area contributed by atoms with Crippen LogP contribution >= 0.6 is 11.6 Å². The molecular formula is C11H10ClN3O. The van der Waals surface area contributed by atoms with Crippen LogP contribution in [0.1, 0.15) is 5.69 Å². The van der Waals surface area contributed by atoms with Crippen molar-refractivity contribution in [2.75, 3.05) is 5.32 Å². The van der Waals surface area contributed by atoms with Gasteiger partial charge in [-0.15, -0.1) is 0 Å². The molecule has 0 saturated heterocycles. The van der Waals surface area contributed by atoms with Crippen molar-refractivity contribution in [3.05, 3.63) is 47.5 Å². The van der Waals surface area contributed by atoms with Gasteiger partial charge >= 0.3 is 0 Å². The van der Waals surface area contributed by atoms with Crippen molar-refractivity contribution in [2.24, 2.45) is 0 Å². The molecule has 0 aliphatic carbocycles. The highest BCUT2D eigenvalue weighted by Crippen LogP contribution is 2.18. The number of nitrogens with one attached hydrogen (secondary N) is 1. The number of hydrogen-bond acceptors (Lipinski definition) is 4. The molecule has 2 aromatic heterocycles. The molecule has 0 amide bonds. The maximum absolute atomic E-state index is 9.07. The van der Waals surface area contributed by atoms with E-state index in [0.29, 0.717) is 11.7 Å². The first-order valence-corrected chi connectivity index (χ1v) is 5.12. The third-order valence-corrected chi connectivity index (χ3v) is 2.33. The van der Waals surface area contributed by atoms with E-state index in [1.807, 2.05) is 6.07 Å². The first-order valence-electron chi connectivity index (χ1n) is 4.74. The molecule has 0 fully saturated rings. The van der Waals surface area contributed by atoms with E-state index in [9.17, 15) is 0 Å². The number of halogens is 1. The summed E-state index contributed by atoms with van der Waals surface area (Å²) >= 11 is 5.88. The fourth-order valence-electron chi connectivity index (χ4n) is 1.22. The van der Waals surface area contributed by atoms with E-state index in [0.717, 1.165) is 11.4 Å². The molecule has 0 unspecified atom stereocenters. The topological polar surface area (TPSA) is 58.0 Å². The molecule has 4 nitrogen and oxygen atoms in total. The van der Waals surface area contributed by atoms with Gasteiger partial charge in [-0.2, -0.15) is 0 Å². The molecule has 0 radical (unpaired) electrons. The predicted molar refractivity (Wildman–Crippen MR) is 62.5 cm³/mol. The Kier molecular flexibility index (Phi) is 3.22. The minimum atomic E-state index is 0.156. The largest absolute Gasteiger partial charge is 0.506 e. The molecule has 5 heteroatoms. The molecule has 0 aromatic carbocycles. The van der Waals surface area contributed by atoms with Crippen molar-refractivity contribution in [2.45, 2.75) is 6.54 Å². The maximum atomic E-state index is 9.07. The zero-order valence-corrected chi connectivity index (χ0v) is 9.15. The van der Waals surface area contributed by atoms with Crippen molar-refractivity contribution in [3.8, 4) is 5.75 Å². The quantitative estimate of drug-likeness (QED) is 0.803. The summed E-state index contributed by atoms with van der Waals surface area (Å²) in [6, 6.07) is 6.98. The van der Waals surface area contributed by atoms with E-state index in [4.69, 9.17) is 16.7 Å². The number of pyridine rings is 2. The minimum Gasteiger partial charge on any atom is -0.506 e. The molecule has 2 N–H and O–H groups in total. The molecule has 2 rings (SSSR count). The summed E-state index contributed by atoms with van der Waals surface area (Å²) in [5, 5.41) is 12.6. The van der Waals surface area contributed by atoms with Gasteiger partial charge in [0.05, 0.1) is 24.1 Å². The Morgan fingerprint density at radius 2 is 2.12 bits per heavy atom. The van der Waals surface area contributed by atoms with Gasteiger partial charge in [-0.05, 0) is 24.3 Å². The standard InChI is InChI=1S/C11H10ClN3O/c12-11-10(2-1-5-13-11)15-6-8-3-4-9(16)7-14-8/h1-5,7,15-16H,6H2. The van der Waals surface area contributed by atoms with Crippen LogP contribution in [-0.4, -0.2) is 15.1 Å². The molecule has 0 aliphatic heterocycles. The normalized spacial score (nSPS) is 10.1. The zero-order valence-electron chi connectivity index (χ0n) is 8.39. The second-order valence-electron chi connectivity index (χ2n) is 3.20. The molecule has 0 aliphatic rings. The Balaban J connectivity index is 2.02. The molecular weight excluding hydrogens is 226 g/mol. The van der Waals surface area contributed by atoms with Crippen LogP contribution in [0.25, 0.3) is 0 Å². The van der Waals surface area contributed by atoms with E-state index >= 15 is 0 Å². The molecule has 0 saturated carbocycles. The molecule has 0 atom stereocenters. The van der Waals surface area contributed by atoms with Gasteiger partial charge in [-0.3, -0.25) is 4.98 Å². The summed E-state index contributed by atoms with van der Waals surface area (Å²) in [5.41, 5.74) is 1.58. The number of rotatable bonds is 3. The van der Waals surface area contributed by atoms with Crippen LogP contribution in [0, 0.1) is 0 Å². The number of aromatic nitrogens is 2. The Morgan fingerprint density at radius 1 is 1.25 bits per heavy atom. The van der Waals surface area contributed by atoms with Gasteiger partial charge in [0.15, 0.2) is 5.15 Å². The van der Waals surface area contributed by atoms with Gasteiger partial charge in [0.25, 0.3) is 0 Å². The minimum absolute atomic E-state index is 0.156. The molecule has 82 valence electrons.